The molecule has 4 nitrogen and oxygen atoms in total. The molecule has 0 unspecified atom stereocenters. The molecule has 0 atom stereocenters. The van der Waals surface area contributed by atoms with Gasteiger partial charge in [0.15, 0.2) is 0 Å². The van der Waals surface area contributed by atoms with Crippen LogP contribution in [0.3, 0.4) is 0 Å². The lowest BCUT2D eigenvalue weighted by atomic mass is 10.1. The minimum Gasteiger partial charge on any atom is -0.489 e. The average molecular weight is 441 g/mol. The van der Waals surface area contributed by atoms with E-state index in [1.165, 1.54) is 22.6 Å². The second kappa shape index (κ2) is 11.0. The van der Waals surface area contributed by atoms with Gasteiger partial charge in [-0.3, -0.25) is 9.98 Å². The second-order valence-electron chi connectivity index (χ2n) is 8.31. The Morgan fingerprint density at radius 2 is 1.06 bits per heavy atom. The maximum atomic E-state index is 6.00. The van der Waals surface area contributed by atoms with Crippen molar-refractivity contribution in [2.24, 2.45) is 9.98 Å². The zero-order valence-electron chi connectivity index (χ0n) is 18.3. The molecule has 0 bridgehead atoms. The third-order valence-electron chi connectivity index (χ3n) is 5.93. The van der Waals surface area contributed by atoms with E-state index in [1.807, 2.05) is 24.3 Å². The summed E-state index contributed by atoms with van der Waals surface area (Å²) in [4.78, 5) is 9.12. The maximum Gasteiger partial charge on any atom is 0.119 e. The predicted molar refractivity (Wildman–Crippen MR) is 136 cm³/mol. The molecule has 0 spiro atoms. The number of hydrogen-bond donors (Lipinski definition) is 0. The Balaban J connectivity index is 0.00000259. The summed E-state index contributed by atoms with van der Waals surface area (Å²) in [5, 5.41) is 0. The minimum absolute atomic E-state index is 0. The van der Waals surface area contributed by atoms with Gasteiger partial charge in [0.2, 0.25) is 0 Å². The van der Waals surface area contributed by atoms with Gasteiger partial charge >= 0.3 is 0 Å². The van der Waals surface area contributed by atoms with Gasteiger partial charge in [-0.2, -0.15) is 0 Å². The van der Waals surface area contributed by atoms with Crippen molar-refractivity contribution in [1.82, 2.24) is 0 Å². The van der Waals surface area contributed by atoms with Gasteiger partial charge in [-0.15, -0.1) is 0 Å². The van der Waals surface area contributed by atoms with E-state index >= 15 is 0 Å². The van der Waals surface area contributed by atoms with E-state index in [2.05, 4.69) is 58.5 Å². The Morgan fingerprint density at radius 1 is 0.606 bits per heavy atom. The first-order chi connectivity index (χ1) is 15.8. The molecule has 3 aromatic rings. The van der Waals surface area contributed by atoms with Gasteiger partial charge in [-0.25, -0.2) is 0 Å². The molecule has 170 valence electrons. The van der Waals surface area contributed by atoms with Crippen LogP contribution in [-0.2, 0) is 13.2 Å². The fourth-order valence-corrected chi connectivity index (χ4v) is 4.18. The van der Waals surface area contributed by atoms with Gasteiger partial charge < -0.3 is 9.47 Å². The first-order valence-corrected chi connectivity index (χ1v) is 11.4. The van der Waals surface area contributed by atoms with Crippen LogP contribution in [0, 0.1) is 0 Å². The smallest absolute Gasteiger partial charge is 0.119 e. The molecule has 0 saturated carbocycles. The minimum atomic E-state index is 0. The lowest BCUT2D eigenvalue weighted by Gasteiger charge is -2.10. The van der Waals surface area contributed by atoms with E-state index in [0.717, 1.165) is 61.4 Å². The summed E-state index contributed by atoms with van der Waals surface area (Å²) in [6, 6.07) is 24.9. The third-order valence-corrected chi connectivity index (χ3v) is 5.93. The van der Waals surface area contributed by atoms with E-state index in [1.54, 1.807) is 0 Å². The first-order valence-electron chi connectivity index (χ1n) is 11.4. The third kappa shape index (κ3) is 5.89. The molecule has 0 radical (unpaired) electrons. The van der Waals surface area contributed by atoms with Gasteiger partial charge in [0, 0.05) is 24.5 Å². The largest absolute Gasteiger partial charge is 0.489 e. The molecule has 2 heterocycles. The average Bonchev–Trinajstić information content (AvgIpc) is 3.57. The van der Waals surface area contributed by atoms with Crippen molar-refractivity contribution in [3.05, 3.63) is 95.1 Å². The normalized spacial score (nSPS) is 14.9. The van der Waals surface area contributed by atoms with Crippen LogP contribution >= 0.6 is 0 Å². The number of ether oxygens (including phenoxy) is 2. The van der Waals surface area contributed by atoms with Crippen molar-refractivity contribution in [2.75, 3.05) is 13.1 Å². The molecule has 0 saturated heterocycles. The fourth-order valence-electron chi connectivity index (χ4n) is 4.18. The van der Waals surface area contributed by atoms with Crippen LogP contribution in [0.4, 0.5) is 0 Å². The quantitative estimate of drug-likeness (QED) is 0.394. The number of aliphatic imine (C=N–C) groups is 2. The second-order valence-corrected chi connectivity index (χ2v) is 8.31. The number of nitrogens with zero attached hydrogens (tertiary/aromatic N) is 2. The molecule has 0 amide bonds. The summed E-state index contributed by atoms with van der Waals surface area (Å²) in [5.74, 6) is 1.75. The highest BCUT2D eigenvalue weighted by molar-refractivity contribution is 6.02. The fraction of sp³-hybridized carbons (Fsp3) is 0.310. The summed E-state index contributed by atoms with van der Waals surface area (Å²) in [6.07, 6.45) is 4.48. The summed E-state index contributed by atoms with van der Waals surface area (Å²) < 4.78 is 12.0. The van der Waals surface area contributed by atoms with Gasteiger partial charge in [0.05, 0.1) is 0 Å². The Hall–Kier alpha value is -3.40. The van der Waals surface area contributed by atoms with Crippen LogP contribution in [0.15, 0.2) is 82.8 Å². The SMILES string of the molecule is C.c1cc(COc2ccc(C3=NCCC3)cc2)cc(COc2ccc(C3=NCCC3)cc2)c1. The standard InChI is InChI=1S/C28H28N2O2.CH4/c1-4-21(19-31-25-12-8-23(9-13-25)27-6-2-16-29-27)18-22(5-1)20-32-26-14-10-24(11-15-26)28-7-3-17-30-28;/h1,4-5,8-15,18H,2-3,6-7,16-17,19-20H2;1H4. The first kappa shape index (κ1) is 22.8. The van der Waals surface area contributed by atoms with Crippen molar-refractivity contribution in [3.63, 3.8) is 0 Å². The van der Waals surface area contributed by atoms with Crippen molar-refractivity contribution in [1.29, 1.82) is 0 Å². The number of hydrogen-bond acceptors (Lipinski definition) is 4. The maximum absolute atomic E-state index is 6.00. The highest BCUT2D eigenvalue weighted by Crippen LogP contribution is 2.20. The molecule has 33 heavy (non-hydrogen) atoms. The Morgan fingerprint density at radius 3 is 1.45 bits per heavy atom. The van der Waals surface area contributed by atoms with Gasteiger partial charge in [0.25, 0.3) is 0 Å². The summed E-state index contributed by atoms with van der Waals surface area (Å²) in [5.41, 5.74) is 7.10. The summed E-state index contributed by atoms with van der Waals surface area (Å²) in [7, 11) is 0. The van der Waals surface area contributed by atoms with Crippen molar-refractivity contribution >= 4 is 11.4 Å². The van der Waals surface area contributed by atoms with Crippen LogP contribution in [0.25, 0.3) is 0 Å². The van der Waals surface area contributed by atoms with E-state index < -0.39 is 0 Å². The Kier molecular flexibility index (Phi) is 7.56. The van der Waals surface area contributed by atoms with E-state index in [9.17, 15) is 0 Å². The van der Waals surface area contributed by atoms with Crippen LogP contribution < -0.4 is 9.47 Å². The van der Waals surface area contributed by atoms with Crippen molar-refractivity contribution in [3.8, 4) is 11.5 Å². The summed E-state index contributed by atoms with van der Waals surface area (Å²) in [6.45, 7) is 2.97. The number of rotatable bonds is 8. The molecule has 2 aliphatic rings. The molecular weight excluding hydrogens is 408 g/mol. The molecule has 5 rings (SSSR count). The number of benzene rings is 3. The van der Waals surface area contributed by atoms with E-state index in [-0.39, 0.29) is 7.43 Å². The summed E-state index contributed by atoms with van der Waals surface area (Å²) >= 11 is 0. The van der Waals surface area contributed by atoms with Crippen molar-refractivity contribution < 1.29 is 9.47 Å². The molecule has 4 heteroatoms. The molecule has 2 aliphatic heterocycles. The molecule has 0 aliphatic carbocycles. The molecule has 3 aromatic carbocycles. The van der Waals surface area contributed by atoms with Gasteiger partial charge in [0.1, 0.15) is 24.7 Å². The lowest BCUT2D eigenvalue weighted by Crippen LogP contribution is -2.00. The van der Waals surface area contributed by atoms with Crippen LogP contribution in [-0.4, -0.2) is 24.5 Å². The Bertz CT molecular complexity index is 1030. The van der Waals surface area contributed by atoms with E-state index in [4.69, 9.17) is 9.47 Å². The zero-order chi connectivity index (χ0) is 21.6. The van der Waals surface area contributed by atoms with Crippen molar-refractivity contribution in [2.45, 2.75) is 46.3 Å². The van der Waals surface area contributed by atoms with Crippen LogP contribution in [0.2, 0.25) is 0 Å². The Labute approximate surface area is 197 Å². The topological polar surface area (TPSA) is 43.2 Å². The lowest BCUT2D eigenvalue weighted by molar-refractivity contribution is 0.300. The monoisotopic (exact) mass is 440 g/mol. The molecule has 0 fully saturated rings. The van der Waals surface area contributed by atoms with Crippen LogP contribution in [0.5, 0.6) is 11.5 Å². The molecule has 0 N–H and O–H groups in total. The molecule has 0 aromatic heterocycles. The zero-order valence-corrected chi connectivity index (χ0v) is 18.3. The van der Waals surface area contributed by atoms with Gasteiger partial charge in [-0.1, -0.05) is 25.6 Å². The van der Waals surface area contributed by atoms with Gasteiger partial charge in [-0.05, 0) is 103 Å². The van der Waals surface area contributed by atoms with E-state index in [0.29, 0.717) is 13.2 Å². The predicted octanol–water partition coefficient (Wildman–Crippen LogP) is 6.65. The highest BCUT2D eigenvalue weighted by atomic mass is 16.5. The van der Waals surface area contributed by atoms with Crippen LogP contribution in [0.1, 0.15) is 55.4 Å². The highest BCUT2D eigenvalue weighted by Gasteiger charge is 2.10. The molecular formula is C29H32N2O2.